The van der Waals surface area contributed by atoms with E-state index in [1.54, 1.807) is 0 Å². The summed E-state index contributed by atoms with van der Waals surface area (Å²) < 4.78 is 10.7. The molecule has 0 radical (unpaired) electrons. The normalized spacial score (nSPS) is 21.1. The molecule has 76 valence electrons. The van der Waals surface area contributed by atoms with Crippen LogP contribution >= 0.6 is 11.6 Å². The summed E-state index contributed by atoms with van der Waals surface area (Å²) in [4.78, 5) is 7.85. The van der Waals surface area contributed by atoms with Crippen molar-refractivity contribution in [2.75, 3.05) is 19.8 Å². The summed E-state index contributed by atoms with van der Waals surface area (Å²) in [6.45, 7) is 2.25. The molecule has 1 aromatic rings. The van der Waals surface area contributed by atoms with E-state index in [0.717, 1.165) is 19.6 Å². The number of nitrogens with zero attached hydrogens (tertiary/aromatic N) is 2. The second kappa shape index (κ2) is 4.57. The van der Waals surface area contributed by atoms with Crippen LogP contribution in [0.25, 0.3) is 0 Å². The third kappa shape index (κ3) is 2.56. The highest BCUT2D eigenvalue weighted by molar-refractivity contribution is 6.29. The number of rotatable bonds is 3. The maximum absolute atomic E-state index is 5.59. The molecule has 0 N–H and O–H groups in total. The van der Waals surface area contributed by atoms with Gasteiger partial charge in [-0.15, -0.1) is 0 Å². The van der Waals surface area contributed by atoms with Crippen LogP contribution in [0.5, 0.6) is 5.88 Å². The van der Waals surface area contributed by atoms with E-state index in [4.69, 9.17) is 21.1 Å². The lowest BCUT2D eigenvalue weighted by Crippen LogP contribution is -2.12. The van der Waals surface area contributed by atoms with Crippen LogP contribution < -0.4 is 4.74 Å². The van der Waals surface area contributed by atoms with Crippen molar-refractivity contribution in [2.24, 2.45) is 5.92 Å². The lowest BCUT2D eigenvalue weighted by molar-refractivity contribution is 0.165. The third-order valence-electron chi connectivity index (χ3n) is 2.09. The fourth-order valence-electron chi connectivity index (χ4n) is 1.29. The van der Waals surface area contributed by atoms with E-state index in [1.165, 1.54) is 12.4 Å². The van der Waals surface area contributed by atoms with Crippen molar-refractivity contribution in [2.45, 2.75) is 6.42 Å². The van der Waals surface area contributed by atoms with Crippen molar-refractivity contribution in [3.05, 3.63) is 17.5 Å². The minimum absolute atomic E-state index is 0.376. The molecule has 0 bridgehead atoms. The largest absolute Gasteiger partial charge is 0.476 e. The van der Waals surface area contributed by atoms with Gasteiger partial charge in [0.05, 0.1) is 25.6 Å². The lowest BCUT2D eigenvalue weighted by Gasteiger charge is -2.08. The lowest BCUT2D eigenvalue weighted by atomic mass is 10.1. The van der Waals surface area contributed by atoms with E-state index < -0.39 is 0 Å². The maximum atomic E-state index is 5.59. The highest BCUT2D eigenvalue weighted by Crippen LogP contribution is 2.14. The molecule has 5 heteroatoms. The Morgan fingerprint density at radius 3 is 3.07 bits per heavy atom. The highest BCUT2D eigenvalue weighted by Gasteiger charge is 2.16. The van der Waals surface area contributed by atoms with Gasteiger partial charge >= 0.3 is 0 Å². The standard InChI is InChI=1S/C9H11ClN2O2/c10-8-3-12-9(4-11-8)14-6-7-1-2-13-5-7/h3-4,7H,1-2,5-6H2/t7-/m0/s1. The fourth-order valence-corrected chi connectivity index (χ4v) is 1.39. The summed E-state index contributed by atoms with van der Waals surface area (Å²) in [5.41, 5.74) is 0. The fraction of sp³-hybridized carbons (Fsp3) is 0.556. The molecule has 2 heterocycles. The van der Waals surface area contributed by atoms with E-state index in [9.17, 15) is 0 Å². The Balaban J connectivity index is 1.82. The Labute approximate surface area is 87.2 Å². The van der Waals surface area contributed by atoms with Gasteiger partial charge in [-0.05, 0) is 6.42 Å². The zero-order valence-electron chi connectivity index (χ0n) is 7.65. The molecular weight excluding hydrogens is 204 g/mol. The molecule has 1 atom stereocenters. The average Bonchev–Trinajstić information content (AvgIpc) is 2.70. The molecule has 2 rings (SSSR count). The van der Waals surface area contributed by atoms with E-state index >= 15 is 0 Å². The van der Waals surface area contributed by atoms with Crippen molar-refractivity contribution in [3.63, 3.8) is 0 Å². The zero-order chi connectivity index (χ0) is 9.80. The van der Waals surface area contributed by atoms with Crippen molar-refractivity contribution in [1.29, 1.82) is 0 Å². The van der Waals surface area contributed by atoms with Gasteiger partial charge in [0, 0.05) is 12.5 Å². The molecule has 0 aliphatic carbocycles. The molecular formula is C9H11ClN2O2. The smallest absolute Gasteiger partial charge is 0.232 e. The van der Waals surface area contributed by atoms with Gasteiger partial charge in [-0.1, -0.05) is 11.6 Å². The predicted octanol–water partition coefficient (Wildman–Crippen LogP) is 1.55. The quantitative estimate of drug-likeness (QED) is 0.766. The summed E-state index contributed by atoms with van der Waals surface area (Å²) in [6, 6.07) is 0. The average molecular weight is 215 g/mol. The molecule has 14 heavy (non-hydrogen) atoms. The van der Waals surface area contributed by atoms with E-state index in [0.29, 0.717) is 23.6 Å². The molecule has 0 saturated carbocycles. The molecule has 4 nitrogen and oxygen atoms in total. The van der Waals surface area contributed by atoms with E-state index in [-0.39, 0.29) is 0 Å². The van der Waals surface area contributed by atoms with Crippen LogP contribution in [0.1, 0.15) is 6.42 Å². The second-order valence-corrected chi connectivity index (χ2v) is 3.61. The highest BCUT2D eigenvalue weighted by atomic mass is 35.5. The Morgan fingerprint density at radius 2 is 2.43 bits per heavy atom. The number of halogens is 1. The number of aromatic nitrogens is 2. The minimum atomic E-state index is 0.376. The van der Waals surface area contributed by atoms with E-state index in [1.807, 2.05) is 0 Å². The van der Waals surface area contributed by atoms with Crippen molar-refractivity contribution in [3.8, 4) is 5.88 Å². The van der Waals surface area contributed by atoms with Gasteiger partial charge in [0.15, 0.2) is 0 Å². The van der Waals surface area contributed by atoms with Gasteiger partial charge in [-0.2, -0.15) is 0 Å². The molecule has 0 unspecified atom stereocenters. The molecule has 0 amide bonds. The van der Waals surface area contributed by atoms with Crippen molar-refractivity contribution < 1.29 is 9.47 Å². The minimum Gasteiger partial charge on any atom is -0.476 e. The molecule has 1 aliphatic heterocycles. The topological polar surface area (TPSA) is 44.2 Å². The second-order valence-electron chi connectivity index (χ2n) is 3.22. The monoisotopic (exact) mass is 214 g/mol. The van der Waals surface area contributed by atoms with Gasteiger partial charge in [-0.3, -0.25) is 0 Å². The van der Waals surface area contributed by atoms with Crippen LogP contribution in [0.4, 0.5) is 0 Å². The van der Waals surface area contributed by atoms with Crippen molar-refractivity contribution in [1.82, 2.24) is 9.97 Å². The molecule has 1 aromatic heterocycles. The SMILES string of the molecule is Clc1cnc(OC[C@H]2CCOC2)cn1. The molecule has 1 aliphatic rings. The van der Waals surface area contributed by atoms with Crippen molar-refractivity contribution >= 4 is 11.6 Å². The number of ether oxygens (including phenoxy) is 2. The molecule has 0 aromatic carbocycles. The molecule has 1 saturated heterocycles. The predicted molar refractivity (Wildman–Crippen MR) is 51.5 cm³/mol. The van der Waals surface area contributed by atoms with Crippen LogP contribution in [-0.2, 0) is 4.74 Å². The summed E-state index contributed by atoms with van der Waals surface area (Å²) in [6.07, 6.45) is 4.06. The Bertz CT molecular complexity index is 285. The van der Waals surface area contributed by atoms with Gasteiger partial charge in [0.2, 0.25) is 5.88 Å². The zero-order valence-corrected chi connectivity index (χ0v) is 8.41. The first-order valence-electron chi connectivity index (χ1n) is 4.52. The number of hydrogen-bond acceptors (Lipinski definition) is 4. The third-order valence-corrected chi connectivity index (χ3v) is 2.28. The summed E-state index contributed by atoms with van der Waals surface area (Å²) in [5, 5.41) is 0.376. The Kier molecular flexibility index (Phi) is 3.16. The maximum Gasteiger partial charge on any atom is 0.232 e. The van der Waals surface area contributed by atoms with Gasteiger partial charge in [0.1, 0.15) is 5.15 Å². The van der Waals surface area contributed by atoms with Gasteiger partial charge in [0.25, 0.3) is 0 Å². The van der Waals surface area contributed by atoms with Crippen LogP contribution in [0, 0.1) is 5.92 Å². The first kappa shape index (κ1) is 9.68. The summed E-state index contributed by atoms with van der Waals surface area (Å²) in [7, 11) is 0. The van der Waals surface area contributed by atoms with Gasteiger partial charge < -0.3 is 9.47 Å². The Hall–Kier alpha value is -0.870. The number of hydrogen-bond donors (Lipinski definition) is 0. The first-order valence-corrected chi connectivity index (χ1v) is 4.90. The van der Waals surface area contributed by atoms with Gasteiger partial charge in [-0.25, -0.2) is 9.97 Å². The van der Waals surface area contributed by atoms with Crippen LogP contribution in [0.15, 0.2) is 12.4 Å². The molecule has 0 spiro atoms. The summed E-state index contributed by atoms with van der Waals surface area (Å²) in [5.74, 6) is 0.994. The van der Waals surface area contributed by atoms with Crippen LogP contribution in [0.2, 0.25) is 5.15 Å². The first-order chi connectivity index (χ1) is 6.84. The van der Waals surface area contributed by atoms with Crippen LogP contribution in [-0.4, -0.2) is 29.8 Å². The van der Waals surface area contributed by atoms with E-state index in [2.05, 4.69) is 9.97 Å². The van der Waals surface area contributed by atoms with Crippen LogP contribution in [0.3, 0.4) is 0 Å². The Morgan fingerprint density at radius 1 is 1.50 bits per heavy atom. The molecule has 1 fully saturated rings. The summed E-state index contributed by atoms with van der Waals surface area (Å²) >= 11 is 5.59.